The molecular weight excluding hydrogens is 227 g/mol. The summed E-state index contributed by atoms with van der Waals surface area (Å²) in [5, 5.41) is 3.30. The van der Waals surface area contributed by atoms with Crippen molar-refractivity contribution in [1.82, 2.24) is 5.32 Å². The summed E-state index contributed by atoms with van der Waals surface area (Å²) in [4.78, 5) is 0. The molecule has 0 aromatic heterocycles. The summed E-state index contributed by atoms with van der Waals surface area (Å²) in [6.45, 7) is 7.26. The molecule has 0 heterocycles. The van der Waals surface area contributed by atoms with Crippen LogP contribution in [0.15, 0.2) is 0 Å². The van der Waals surface area contributed by atoms with Crippen molar-refractivity contribution in [3.63, 3.8) is 0 Å². The molecule has 3 atom stereocenters. The summed E-state index contributed by atoms with van der Waals surface area (Å²) in [6.07, 6.45) is -1.87. The van der Waals surface area contributed by atoms with E-state index in [-0.39, 0.29) is 12.5 Å². The number of halogens is 3. The van der Waals surface area contributed by atoms with Gasteiger partial charge < -0.3 is 5.32 Å². The number of hydrogen-bond acceptors (Lipinski definition) is 1. The third-order valence-corrected chi connectivity index (χ3v) is 4.00. The molecule has 1 fully saturated rings. The van der Waals surface area contributed by atoms with Crippen molar-refractivity contribution in [2.45, 2.75) is 58.7 Å². The van der Waals surface area contributed by atoms with E-state index in [9.17, 15) is 13.2 Å². The molecular formula is C13H24F3N. The number of nitrogens with one attached hydrogen (secondary N) is 1. The zero-order valence-corrected chi connectivity index (χ0v) is 11.0. The van der Waals surface area contributed by atoms with Gasteiger partial charge in [0.2, 0.25) is 0 Å². The van der Waals surface area contributed by atoms with Crippen LogP contribution in [0.2, 0.25) is 0 Å². The van der Waals surface area contributed by atoms with Crippen molar-refractivity contribution in [2.75, 3.05) is 6.54 Å². The van der Waals surface area contributed by atoms with Crippen LogP contribution in [0.3, 0.4) is 0 Å². The normalized spacial score (nSPS) is 28.4. The second-order valence-corrected chi connectivity index (χ2v) is 5.73. The van der Waals surface area contributed by atoms with Crippen molar-refractivity contribution >= 4 is 0 Å². The molecule has 1 saturated carbocycles. The third-order valence-electron chi connectivity index (χ3n) is 4.00. The minimum absolute atomic E-state index is 0.0524. The van der Waals surface area contributed by atoms with Gasteiger partial charge in [-0.3, -0.25) is 0 Å². The van der Waals surface area contributed by atoms with E-state index in [1.165, 1.54) is 0 Å². The van der Waals surface area contributed by atoms with E-state index in [0.29, 0.717) is 24.7 Å². The Balaban J connectivity index is 2.35. The first kappa shape index (κ1) is 14.8. The van der Waals surface area contributed by atoms with Crippen molar-refractivity contribution in [1.29, 1.82) is 0 Å². The molecule has 17 heavy (non-hydrogen) atoms. The largest absolute Gasteiger partial charge is 0.391 e. The van der Waals surface area contributed by atoms with Crippen LogP contribution in [0.1, 0.15) is 46.5 Å². The minimum Gasteiger partial charge on any atom is -0.314 e. The number of rotatable bonds is 4. The molecule has 4 heteroatoms. The van der Waals surface area contributed by atoms with Gasteiger partial charge in [0.25, 0.3) is 0 Å². The Kier molecular flexibility index (Phi) is 5.29. The van der Waals surface area contributed by atoms with Crippen LogP contribution in [-0.4, -0.2) is 18.8 Å². The predicted octanol–water partition coefficient (Wildman–Crippen LogP) is 3.99. The highest BCUT2D eigenvalue weighted by Crippen LogP contribution is 2.37. The lowest BCUT2D eigenvalue weighted by Gasteiger charge is -2.32. The van der Waals surface area contributed by atoms with Crippen molar-refractivity contribution in [3.8, 4) is 0 Å². The maximum absolute atomic E-state index is 12.6. The van der Waals surface area contributed by atoms with Crippen molar-refractivity contribution in [3.05, 3.63) is 0 Å². The Morgan fingerprint density at radius 3 is 2.35 bits per heavy atom. The monoisotopic (exact) mass is 251 g/mol. The van der Waals surface area contributed by atoms with Crippen LogP contribution in [0, 0.1) is 17.8 Å². The highest BCUT2D eigenvalue weighted by Gasteiger charge is 2.41. The summed E-state index contributed by atoms with van der Waals surface area (Å²) >= 11 is 0. The maximum atomic E-state index is 12.6. The first-order valence-corrected chi connectivity index (χ1v) is 6.60. The Morgan fingerprint density at radius 2 is 1.82 bits per heavy atom. The van der Waals surface area contributed by atoms with E-state index in [4.69, 9.17) is 0 Å². The van der Waals surface area contributed by atoms with Gasteiger partial charge in [0.05, 0.1) is 5.92 Å². The third kappa shape index (κ3) is 4.86. The molecule has 3 unspecified atom stereocenters. The van der Waals surface area contributed by atoms with Crippen LogP contribution in [0.25, 0.3) is 0 Å². The predicted molar refractivity (Wildman–Crippen MR) is 63.8 cm³/mol. The molecule has 0 spiro atoms. The summed E-state index contributed by atoms with van der Waals surface area (Å²) in [6, 6.07) is 0.0524. The second-order valence-electron chi connectivity index (χ2n) is 5.73. The SMILES string of the molecule is CC(C)C(C)CNC1CCCC(C(F)(F)F)C1. The average molecular weight is 251 g/mol. The Labute approximate surface area is 102 Å². The number of hydrogen-bond donors (Lipinski definition) is 1. The lowest BCUT2D eigenvalue weighted by Crippen LogP contribution is -2.40. The second kappa shape index (κ2) is 6.07. The van der Waals surface area contributed by atoms with Gasteiger partial charge in [-0.05, 0) is 37.6 Å². The summed E-state index contributed by atoms with van der Waals surface area (Å²) < 4.78 is 37.8. The highest BCUT2D eigenvalue weighted by atomic mass is 19.4. The van der Waals surface area contributed by atoms with Crippen LogP contribution >= 0.6 is 0 Å². The van der Waals surface area contributed by atoms with Crippen molar-refractivity contribution < 1.29 is 13.2 Å². The molecule has 1 nitrogen and oxygen atoms in total. The molecule has 0 amide bonds. The van der Waals surface area contributed by atoms with E-state index in [1.54, 1.807) is 0 Å². The molecule has 0 bridgehead atoms. The molecule has 102 valence electrons. The van der Waals surface area contributed by atoms with E-state index in [0.717, 1.165) is 13.0 Å². The lowest BCUT2D eigenvalue weighted by atomic mass is 9.85. The smallest absolute Gasteiger partial charge is 0.314 e. The van der Waals surface area contributed by atoms with Gasteiger partial charge >= 0.3 is 6.18 Å². The fraction of sp³-hybridized carbons (Fsp3) is 1.00. The molecule has 1 N–H and O–H groups in total. The standard InChI is InChI=1S/C13H24F3N/c1-9(2)10(3)8-17-12-6-4-5-11(7-12)13(14,15)16/h9-12,17H,4-8H2,1-3H3. The van der Waals surface area contributed by atoms with Gasteiger partial charge in [-0.2, -0.15) is 13.2 Å². The van der Waals surface area contributed by atoms with Gasteiger partial charge in [0.1, 0.15) is 0 Å². The summed E-state index contributed by atoms with van der Waals surface area (Å²) in [7, 11) is 0. The number of alkyl halides is 3. The van der Waals surface area contributed by atoms with Crippen LogP contribution in [0.4, 0.5) is 13.2 Å². The first-order chi connectivity index (χ1) is 7.80. The van der Waals surface area contributed by atoms with Gasteiger partial charge in [0.15, 0.2) is 0 Å². The quantitative estimate of drug-likeness (QED) is 0.796. The van der Waals surface area contributed by atoms with E-state index < -0.39 is 12.1 Å². The molecule has 0 aromatic carbocycles. The van der Waals surface area contributed by atoms with Gasteiger partial charge in [-0.25, -0.2) is 0 Å². The molecule has 1 aliphatic rings. The maximum Gasteiger partial charge on any atom is 0.391 e. The molecule has 1 aliphatic carbocycles. The molecule has 0 radical (unpaired) electrons. The van der Waals surface area contributed by atoms with Crippen molar-refractivity contribution in [2.24, 2.45) is 17.8 Å². The fourth-order valence-corrected chi connectivity index (χ4v) is 2.26. The topological polar surface area (TPSA) is 12.0 Å². The Bertz CT molecular complexity index is 225. The first-order valence-electron chi connectivity index (χ1n) is 6.60. The highest BCUT2D eigenvalue weighted by molar-refractivity contribution is 4.82. The van der Waals surface area contributed by atoms with Gasteiger partial charge in [-0.1, -0.05) is 27.2 Å². The minimum atomic E-state index is -4.01. The summed E-state index contributed by atoms with van der Waals surface area (Å²) in [5.41, 5.74) is 0. The van der Waals surface area contributed by atoms with Gasteiger partial charge in [0, 0.05) is 6.04 Å². The summed E-state index contributed by atoms with van der Waals surface area (Å²) in [5.74, 6) is -0.00567. The molecule has 0 aromatic rings. The molecule has 0 saturated heterocycles. The zero-order valence-electron chi connectivity index (χ0n) is 11.0. The zero-order chi connectivity index (χ0) is 13.1. The molecule has 1 rings (SSSR count). The van der Waals surface area contributed by atoms with E-state index in [2.05, 4.69) is 26.1 Å². The average Bonchev–Trinajstić information content (AvgIpc) is 2.25. The Morgan fingerprint density at radius 1 is 1.18 bits per heavy atom. The van der Waals surface area contributed by atoms with Gasteiger partial charge in [-0.15, -0.1) is 0 Å². The van der Waals surface area contributed by atoms with E-state index in [1.807, 2.05) is 0 Å². The lowest BCUT2D eigenvalue weighted by molar-refractivity contribution is -0.183. The van der Waals surface area contributed by atoms with E-state index >= 15 is 0 Å². The van der Waals surface area contributed by atoms with Crippen LogP contribution in [0.5, 0.6) is 0 Å². The van der Waals surface area contributed by atoms with Crippen LogP contribution < -0.4 is 5.32 Å². The fourth-order valence-electron chi connectivity index (χ4n) is 2.26. The molecule has 0 aliphatic heterocycles. The Hall–Kier alpha value is -0.250. The van der Waals surface area contributed by atoms with Crippen LogP contribution in [-0.2, 0) is 0 Å².